The summed E-state index contributed by atoms with van der Waals surface area (Å²) in [6.07, 6.45) is 5.45. The molecule has 2 rings (SSSR count). The van der Waals surface area contributed by atoms with Crippen molar-refractivity contribution in [3.05, 3.63) is 33.9 Å². The molecule has 0 spiro atoms. The Bertz CT molecular complexity index is 456. The van der Waals surface area contributed by atoms with E-state index in [-0.39, 0.29) is 16.7 Å². The Morgan fingerprint density at radius 2 is 2.16 bits per heavy atom. The highest BCUT2D eigenvalue weighted by molar-refractivity contribution is 5.44. The van der Waals surface area contributed by atoms with Crippen molar-refractivity contribution in [3.63, 3.8) is 0 Å². The van der Waals surface area contributed by atoms with Crippen LogP contribution in [0.2, 0.25) is 0 Å². The third kappa shape index (κ3) is 3.23. The van der Waals surface area contributed by atoms with Gasteiger partial charge in [-0.25, -0.2) is 0 Å². The first-order valence-electron chi connectivity index (χ1n) is 6.68. The molecule has 2 N–H and O–H groups in total. The largest absolute Gasteiger partial charge is 0.496 e. The van der Waals surface area contributed by atoms with Crippen molar-refractivity contribution in [1.29, 1.82) is 0 Å². The number of methoxy groups -OCH3 is 1. The Morgan fingerprint density at radius 3 is 2.74 bits per heavy atom. The first kappa shape index (κ1) is 13.8. The molecule has 5 nitrogen and oxygen atoms in total. The number of nitrogens with two attached hydrogens (primary N) is 1. The van der Waals surface area contributed by atoms with E-state index >= 15 is 0 Å². The van der Waals surface area contributed by atoms with E-state index in [9.17, 15) is 10.1 Å². The molecule has 1 saturated carbocycles. The second-order valence-electron chi connectivity index (χ2n) is 5.17. The van der Waals surface area contributed by atoms with Crippen LogP contribution in [0, 0.1) is 16.0 Å². The first-order valence-corrected chi connectivity index (χ1v) is 6.68. The van der Waals surface area contributed by atoms with Gasteiger partial charge in [0.05, 0.1) is 12.0 Å². The fourth-order valence-electron chi connectivity index (χ4n) is 2.84. The predicted molar refractivity (Wildman–Crippen MR) is 73.3 cm³/mol. The quantitative estimate of drug-likeness (QED) is 0.655. The van der Waals surface area contributed by atoms with E-state index in [0.29, 0.717) is 18.1 Å². The Labute approximate surface area is 112 Å². The third-order valence-electron chi connectivity index (χ3n) is 3.94. The summed E-state index contributed by atoms with van der Waals surface area (Å²) in [7, 11) is 1.58. The molecule has 1 aromatic carbocycles. The highest BCUT2D eigenvalue weighted by Crippen LogP contribution is 2.31. The van der Waals surface area contributed by atoms with Crippen molar-refractivity contribution in [1.82, 2.24) is 0 Å². The maximum Gasteiger partial charge on any atom is 0.269 e. The summed E-state index contributed by atoms with van der Waals surface area (Å²) in [5, 5.41) is 10.8. The second kappa shape index (κ2) is 6.02. The average molecular weight is 264 g/mol. The zero-order valence-electron chi connectivity index (χ0n) is 11.2. The Balaban J connectivity index is 2.16. The summed E-state index contributed by atoms with van der Waals surface area (Å²) in [6.45, 7) is 0. The van der Waals surface area contributed by atoms with Gasteiger partial charge in [0.1, 0.15) is 5.75 Å². The van der Waals surface area contributed by atoms with Gasteiger partial charge in [-0.15, -0.1) is 0 Å². The summed E-state index contributed by atoms with van der Waals surface area (Å²) in [6, 6.07) is 4.74. The minimum absolute atomic E-state index is 0.0541. The molecule has 0 aromatic heterocycles. The molecule has 104 valence electrons. The van der Waals surface area contributed by atoms with Gasteiger partial charge < -0.3 is 10.5 Å². The summed E-state index contributed by atoms with van der Waals surface area (Å²) >= 11 is 0. The van der Waals surface area contributed by atoms with Crippen molar-refractivity contribution in [2.75, 3.05) is 7.11 Å². The molecule has 0 amide bonds. The molecule has 19 heavy (non-hydrogen) atoms. The van der Waals surface area contributed by atoms with Gasteiger partial charge in [-0.1, -0.05) is 12.8 Å². The normalized spacial score (nSPS) is 17.4. The molecule has 0 bridgehead atoms. The first-order chi connectivity index (χ1) is 9.11. The minimum Gasteiger partial charge on any atom is -0.496 e. The average Bonchev–Trinajstić information content (AvgIpc) is 2.92. The summed E-state index contributed by atoms with van der Waals surface area (Å²) < 4.78 is 5.27. The van der Waals surface area contributed by atoms with E-state index in [4.69, 9.17) is 10.5 Å². The van der Waals surface area contributed by atoms with Crippen LogP contribution < -0.4 is 10.5 Å². The number of nitrogens with zero attached hydrogens (tertiary/aromatic N) is 1. The van der Waals surface area contributed by atoms with Gasteiger partial charge >= 0.3 is 0 Å². The fourth-order valence-corrected chi connectivity index (χ4v) is 2.84. The van der Waals surface area contributed by atoms with Crippen LogP contribution >= 0.6 is 0 Å². The van der Waals surface area contributed by atoms with E-state index in [1.807, 2.05) is 0 Å². The van der Waals surface area contributed by atoms with Gasteiger partial charge in [-0.05, 0) is 31.2 Å². The molecule has 1 aliphatic carbocycles. The van der Waals surface area contributed by atoms with Crippen LogP contribution in [-0.2, 0) is 6.42 Å². The molecule has 1 unspecified atom stereocenters. The van der Waals surface area contributed by atoms with Crippen LogP contribution in [0.15, 0.2) is 18.2 Å². The smallest absolute Gasteiger partial charge is 0.269 e. The Morgan fingerprint density at radius 1 is 1.47 bits per heavy atom. The SMILES string of the molecule is COc1ccc([N+](=O)[O-])cc1CC(N)C1CCCC1. The monoisotopic (exact) mass is 264 g/mol. The van der Waals surface area contributed by atoms with Crippen LogP contribution in [0.1, 0.15) is 31.2 Å². The van der Waals surface area contributed by atoms with Gasteiger partial charge in [0, 0.05) is 23.7 Å². The molecule has 0 heterocycles. The van der Waals surface area contributed by atoms with E-state index in [1.54, 1.807) is 19.2 Å². The Hall–Kier alpha value is -1.62. The van der Waals surface area contributed by atoms with Gasteiger partial charge in [0.25, 0.3) is 5.69 Å². The molecule has 1 fully saturated rings. The highest BCUT2D eigenvalue weighted by Gasteiger charge is 2.23. The minimum atomic E-state index is -0.385. The van der Waals surface area contributed by atoms with Crippen molar-refractivity contribution in [2.24, 2.45) is 11.7 Å². The number of rotatable bonds is 5. The number of hydrogen-bond acceptors (Lipinski definition) is 4. The topological polar surface area (TPSA) is 78.4 Å². The Kier molecular flexibility index (Phi) is 4.37. The van der Waals surface area contributed by atoms with E-state index < -0.39 is 0 Å². The van der Waals surface area contributed by atoms with Crippen molar-refractivity contribution in [2.45, 2.75) is 38.1 Å². The summed E-state index contributed by atoms with van der Waals surface area (Å²) in [5.74, 6) is 1.21. The maximum atomic E-state index is 10.8. The predicted octanol–water partition coefficient (Wildman–Crippen LogP) is 2.66. The number of ether oxygens (including phenoxy) is 1. The van der Waals surface area contributed by atoms with Gasteiger partial charge in [0.2, 0.25) is 0 Å². The lowest BCUT2D eigenvalue weighted by Gasteiger charge is -2.19. The molecule has 1 aromatic rings. The molecule has 5 heteroatoms. The van der Waals surface area contributed by atoms with Gasteiger partial charge in [-0.2, -0.15) is 0 Å². The van der Waals surface area contributed by atoms with Crippen molar-refractivity contribution >= 4 is 5.69 Å². The van der Waals surface area contributed by atoms with E-state index in [2.05, 4.69) is 0 Å². The van der Waals surface area contributed by atoms with Crippen LogP contribution in [0.4, 0.5) is 5.69 Å². The zero-order valence-corrected chi connectivity index (χ0v) is 11.2. The lowest BCUT2D eigenvalue weighted by atomic mass is 9.92. The molecule has 0 aliphatic heterocycles. The molecule has 1 atom stereocenters. The van der Waals surface area contributed by atoms with Crippen LogP contribution in [-0.4, -0.2) is 18.1 Å². The van der Waals surface area contributed by atoms with Crippen LogP contribution in [0.5, 0.6) is 5.75 Å². The lowest BCUT2D eigenvalue weighted by Crippen LogP contribution is -2.30. The second-order valence-corrected chi connectivity index (χ2v) is 5.17. The number of nitro groups is 1. The lowest BCUT2D eigenvalue weighted by molar-refractivity contribution is -0.384. The van der Waals surface area contributed by atoms with E-state index in [1.165, 1.54) is 31.7 Å². The fraction of sp³-hybridized carbons (Fsp3) is 0.571. The summed E-state index contributed by atoms with van der Waals surface area (Å²) in [4.78, 5) is 10.4. The third-order valence-corrected chi connectivity index (χ3v) is 3.94. The van der Waals surface area contributed by atoms with E-state index in [0.717, 1.165) is 5.56 Å². The van der Waals surface area contributed by atoms with Gasteiger partial charge in [0.15, 0.2) is 0 Å². The zero-order chi connectivity index (χ0) is 13.8. The number of benzene rings is 1. The molecular weight excluding hydrogens is 244 g/mol. The standard InChI is InChI=1S/C14H20N2O3/c1-19-14-7-6-12(16(17)18)8-11(14)9-13(15)10-4-2-3-5-10/h6-8,10,13H,2-5,9,15H2,1H3. The van der Waals surface area contributed by atoms with Crippen LogP contribution in [0.3, 0.4) is 0 Å². The molecular formula is C14H20N2O3. The number of nitro benzene ring substituents is 1. The maximum absolute atomic E-state index is 10.8. The van der Waals surface area contributed by atoms with Crippen molar-refractivity contribution < 1.29 is 9.66 Å². The highest BCUT2D eigenvalue weighted by atomic mass is 16.6. The molecule has 0 radical (unpaired) electrons. The molecule has 1 aliphatic rings. The van der Waals surface area contributed by atoms with Crippen LogP contribution in [0.25, 0.3) is 0 Å². The van der Waals surface area contributed by atoms with Gasteiger partial charge in [-0.3, -0.25) is 10.1 Å². The van der Waals surface area contributed by atoms with Crippen molar-refractivity contribution in [3.8, 4) is 5.75 Å². The number of non-ortho nitro benzene ring substituents is 1. The molecule has 0 saturated heterocycles. The number of hydrogen-bond donors (Lipinski definition) is 1. The summed E-state index contributed by atoms with van der Waals surface area (Å²) in [5.41, 5.74) is 7.16.